The third kappa shape index (κ3) is 2.65. The lowest BCUT2D eigenvalue weighted by Gasteiger charge is -2.07. The van der Waals surface area contributed by atoms with E-state index in [1.54, 1.807) is 12.5 Å². The second kappa shape index (κ2) is 5.79. The Morgan fingerprint density at radius 3 is 2.90 bits per heavy atom. The van der Waals surface area contributed by atoms with E-state index in [1.807, 2.05) is 36.4 Å². The summed E-state index contributed by atoms with van der Waals surface area (Å²) < 4.78 is 5.49. The van der Waals surface area contributed by atoms with E-state index in [2.05, 4.69) is 17.2 Å². The highest BCUT2D eigenvalue weighted by atomic mass is 16.3. The second-order valence-corrected chi connectivity index (χ2v) is 4.79. The monoisotopic (exact) mass is 280 g/mol. The molecule has 3 aromatic rings. The van der Waals surface area contributed by atoms with Gasteiger partial charge in [0.15, 0.2) is 0 Å². The highest BCUT2D eigenvalue weighted by Gasteiger charge is 2.14. The third-order valence-electron chi connectivity index (χ3n) is 3.49. The Hall–Kier alpha value is -2.62. The SMILES string of the molecule is CCc1ccc(C(=O)NCc2ccccn2)c2occc12. The molecule has 0 bridgehead atoms. The number of hydrogen-bond acceptors (Lipinski definition) is 3. The Balaban J connectivity index is 1.83. The number of aromatic nitrogens is 1. The Kier molecular flexibility index (Phi) is 3.69. The zero-order valence-electron chi connectivity index (χ0n) is 11.8. The van der Waals surface area contributed by atoms with Gasteiger partial charge in [0.1, 0.15) is 5.58 Å². The van der Waals surface area contributed by atoms with Crippen molar-refractivity contribution >= 4 is 16.9 Å². The van der Waals surface area contributed by atoms with Crippen LogP contribution in [0.5, 0.6) is 0 Å². The number of benzene rings is 1. The first-order valence-corrected chi connectivity index (χ1v) is 6.96. The molecular weight excluding hydrogens is 264 g/mol. The van der Waals surface area contributed by atoms with Gasteiger partial charge in [0, 0.05) is 11.6 Å². The Morgan fingerprint density at radius 2 is 2.14 bits per heavy atom. The molecule has 2 aromatic heterocycles. The van der Waals surface area contributed by atoms with E-state index in [1.165, 1.54) is 5.56 Å². The number of nitrogens with zero attached hydrogens (tertiary/aromatic N) is 1. The Labute approximate surface area is 122 Å². The summed E-state index contributed by atoms with van der Waals surface area (Å²) in [7, 11) is 0. The molecule has 2 heterocycles. The Bertz CT molecular complexity index is 763. The maximum absolute atomic E-state index is 12.3. The van der Waals surface area contributed by atoms with Crippen molar-refractivity contribution in [2.75, 3.05) is 0 Å². The fourth-order valence-electron chi connectivity index (χ4n) is 2.38. The van der Waals surface area contributed by atoms with Crippen LogP contribution in [0, 0.1) is 0 Å². The number of carbonyl (C=O) groups is 1. The summed E-state index contributed by atoms with van der Waals surface area (Å²) in [6.45, 7) is 2.49. The fraction of sp³-hybridized carbons (Fsp3) is 0.176. The number of amides is 1. The first kappa shape index (κ1) is 13.4. The second-order valence-electron chi connectivity index (χ2n) is 4.79. The molecule has 0 saturated heterocycles. The lowest BCUT2D eigenvalue weighted by molar-refractivity contribution is 0.0951. The van der Waals surface area contributed by atoms with Crippen molar-refractivity contribution < 1.29 is 9.21 Å². The third-order valence-corrected chi connectivity index (χ3v) is 3.49. The van der Waals surface area contributed by atoms with Crippen LogP contribution in [0.4, 0.5) is 0 Å². The molecule has 106 valence electrons. The van der Waals surface area contributed by atoms with Gasteiger partial charge in [-0.2, -0.15) is 0 Å². The van der Waals surface area contributed by atoms with Crippen LogP contribution in [0.2, 0.25) is 0 Å². The van der Waals surface area contributed by atoms with Crippen LogP contribution in [-0.4, -0.2) is 10.9 Å². The lowest BCUT2D eigenvalue weighted by Crippen LogP contribution is -2.23. The smallest absolute Gasteiger partial charge is 0.255 e. The summed E-state index contributed by atoms with van der Waals surface area (Å²) in [5.74, 6) is -0.150. The molecule has 0 saturated carbocycles. The minimum Gasteiger partial charge on any atom is -0.463 e. The van der Waals surface area contributed by atoms with Crippen LogP contribution in [-0.2, 0) is 13.0 Å². The minimum atomic E-state index is -0.150. The first-order chi connectivity index (χ1) is 10.3. The largest absolute Gasteiger partial charge is 0.463 e. The standard InChI is InChI=1S/C17H16N2O2/c1-2-12-6-7-15(16-14(12)8-10-21-16)17(20)19-11-13-5-3-4-9-18-13/h3-10H,2,11H2,1H3,(H,19,20). The van der Waals surface area contributed by atoms with Crippen molar-refractivity contribution in [1.82, 2.24) is 10.3 Å². The van der Waals surface area contributed by atoms with E-state index in [9.17, 15) is 4.79 Å². The summed E-state index contributed by atoms with van der Waals surface area (Å²) in [6.07, 6.45) is 4.24. The molecule has 4 nitrogen and oxygen atoms in total. The number of carbonyl (C=O) groups excluding carboxylic acids is 1. The topological polar surface area (TPSA) is 55.1 Å². The summed E-state index contributed by atoms with van der Waals surface area (Å²) in [5.41, 5.74) is 3.21. The van der Waals surface area contributed by atoms with Gasteiger partial charge in [0.2, 0.25) is 0 Å². The van der Waals surface area contributed by atoms with Gasteiger partial charge < -0.3 is 9.73 Å². The minimum absolute atomic E-state index is 0.150. The number of pyridine rings is 1. The molecule has 1 aromatic carbocycles. The van der Waals surface area contributed by atoms with Crippen molar-refractivity contribution in [2.45, 2.75) is 19.9 Å². The van der Waals surface area contributed by atoms with Crippen molar-refractivity contribution in [3.8, 4) is 0 Å². The first-order valence-electron chi connectivity index (χ1n) is 6.96. The number of fused-ring (bicyclic) bond motifs is 1. The summed E-state index contributed by atoms with van der Waals surface area (Å²) in [4.78, 5) is 16.5. The van der Waals surface area contributed by atoms with Crippen LogP contribution >= 0.6 is 0 Å². The highest BCUT2D eigenvalue weighted by Crippen LogP contribution is 2.24. The van der Waals surface area contributed by atoms with E-state index < -0.39 is 0 Å². The van der Waals surface area contributed by atoms with Crippen LogP contribution in [0.15, 0.2) is 53.3 Å². The highest BCUT2D eigenvalue weighted by molar-refractivity contribution is 6.05. The van der Waals surface area contributed by atoms with E-state index in [0.29, 0.717) is 17.7 Å². The van der Waals surface area contributed by atoms with Crippen molar-refractivity contribution in [3.63, 3.8) is 0 Å². The van der Waals surface area contributed by atoms with Gasteiger partial charge in [-0.25, -0.2) is 0 Å². The van der Waals surface area contributed by atoms with Gasteiger partial charge >= 0.3 is 0 Å². The maximum Gasteiger partial charge on any atom is 0.255 e. The molecule has 0 radical (unpaired) electrons. The molecule has 0 unspecified atom stereocenters. The molecule has 0 spiro atoms. The predicted octanol–water partition coefficient (Wildman–Crippen LogP) is 3.32. The molecule has 1 N–H and O–H groups in total. The quantitative estimate of drug-likeness (QED) is 0.797. The Morgan fingerprint density at radius 1 is 1.24 bits per heavy atom. The van der Waals surface area contributed by atoms with Gasteiger partial charge in [-0.3, -0.25) is 9.78 Å². The molecule has 0 atom stereocenters. The fourth-order valence-corrected chi connectivity index (χ4v) is 2.38. The normalized spacial score (nSPS) is 10.7. The zero-order valence-corrected chi connectivity index (χ0v) is 11.8. The van der Waals surface area contributed by atoms with Gasteiger partial charge in [0.05, 0.1) is 24.1 Å². The maximum atomic E-state index is 12.3. The molecule has 0 aliphatic heterocycles. The van der Waals surface area contributed by atoms with Crippen LogP contribution in [0.1, 0.15) is 28.5 Å². The summed E-state index contributed by atoms with van der Waals surface area (Å²) in [5, 5.41) is 3.88. The number of aryl methyl sites for hydroxylation is 1. The van der Waals surface area contributed by atoms with E-state index in [0.717, 1.165) is 17.5 Å². The molecule has 4 heteroatoms. The molecular formula is C17H16N2O2. The van der Waals surface area contributed by atoms with Gasteiger partial charge in [-0.05, 0) is 36.2 Å². The van der Waals surface area contributed by atoms with Gasteiger partial charge in [-0.15, -0.1) is 0 Å². The van der Waals surface area contributed by atoms with Gasteiger partial charge in [-0.1, -0.05) is 19.1 Å². The number of rotatable bonds is 4. The molecule has 0 aliphatic rings. The zero-order chi connectivity index (χ0) is 14.7. The summed E-state index contributed by atoms with van der Waals surface area (Å²) in [6, 6.07) is 11.3. The van der Waals surface area contributed by atoms with Crippen LogP contribution in [0.25, 0.3) is 11.0 Å². The molecule has 21 heavy (non-hydrogen) atoms. The molecule has 0 fully saturated rings. The number of hydrogen-bond donors (Lipinski definition) is 1. The van der Waals surface area contributed by atoms with Crippen molar-refractivity contribution in [2.24, 2.45) is 0 Å². The van der Waals surface area contributed by atoms with Crippen molar-refractivity contribution in [1.29, 1.82) is 0 Å². The van der Waals surface area contributed by atoms with E-state index >= 15 is 0 Å². The van der Waals surface area contributed by atoms with Crippen LogP contribution < -0.4 is 5.32 Å². The summed E-state index contributed by atoms with van der Waals surface area (Å²) >= 11 is 0. The molecule has 0 aliphatic carbocycles. The van der Waals surface area contributed by atoms with Crippen molar-refractivity contribution in [3.05, 3.63) is 65.7 Å². The van der Waals surface area contributed by atoms with E-state index in [4.69, 9.17) is 4.42 Å². The van der Waals surface area contributed by atoms with Crippen LogP contribution in [0.3, 0.4) is 0 Å². The average molecular weight is 280 g/mol. The van der Waals surface area contributed by atoms with E-state index in [-0.39, 0.29) is 5.91 Å². The number of furan rings is 1. The average Bonchev–Trinajstić information content (AvgIpc) is 3.02. The van der Waals surface area contributed by atoms with Gasteiger partial charge in [0.25, 0.3) is 5.91 Å². The molecule has 3 rings (SSSR count). The predicted molar refractivity (Wildman–Crippen MR) is 81.0 cm³/mol. The lowest BCUT2D eigenvalue weighted by atomic mass is 10.0. The molecule has 1 amide bonds. The number of nitrogens with one attached hydrogen (secondary N) is 1.